The fourth-order valence-corrected chi connectivity index (χ4v) is 4.44. The maximum absolute atomic E-state index is 13.2. The zero-order valence-electron chi connectivity index (χ0n) is 20.8. The van der Waals surface area contributed by atoms with E-state index in [1.54, 1.807) is 41.6 Å². The van der Waals surface area contributed by atoms with Gasteiger partial charge < -0.3 is 19.6 Å². The number of ether oxygens (including phenoxy) is 1. The number of likely N-dealkylation sites (tertiary alicyclic amines) is 1. The van der Waals surface area contributed by atoms with Gasteiger partial charge >= 0.3 is 0 Å². The van der Waals surface area contributed by atoms with Gasteiger partial charge in [0.15, 0.2) is 0 Å². The van der Waals surface area contributed by atoms with E-state index < -0.39 is 17.7 Å². The summed E-state index contributed by atoms with van der Waals surface area (Å²) >= 11 is 0. The number of carbonyl (C=O) groups excluding carboxylic acids is 2. The Kier molecular flexibility index (Phi) is 7.80. The molecule has 3 aromatic rings. The molecule has 0 radical (unpaired) electrons. The van der Waals surface area contributed by atoms with Crippen molar-refractivity contribution in [1.82, 2.24) is 14.8 Å². The molecule has 7 nitrogen and oxygen atoms in total. The minimum absolute atomic E-state index is 0.0945. The average Bonchev–Trinajstić information content (AvgIpc) is 3.13. The van der Waals surface area contributed by atoms with E-state index in [1.807, 2.05) is 62.3 Å². The second-order valence-corrected chi connectivity index (χ2v) is 9.18. The fraction of sp³-hybridized carbons (Fsp3) is 0.276. The highest BCUT2D eigenvalue weighted by Crippen LogP contribution is 2.40. The maximum Gasteiger partial charge on any atom is 0.295 e. The van der Waals surface area contributed by atoms with Gasteiger partial charge in [-0.1, -0.05) is 30.3 Å². The van der Waals surface area contributed by atoms with E-state index in [1.165, 1.54) is 0 Å². The van der Waals surface area contributed by atoms with Gasteiger partial charge in [-0.25, -0.2) is 0 Å². The van der Waals surface area contributed by atoms with Gasteiger partial charge in [-0.15, -0.1) is 0 Å². The molecule has 1 atom stereocenters. The number of hydrogen-bond donors (Lipinski definition) is 1. The Labute approximate surface area is 211 Å². The normalized spacial score (nSPS) is 17.1. The highest BCUT2D eigenvalue weighted by molar-refractivity contribution is 6.46. The first-order chi connectivity index (χ1) is 17.4. The van der Waals surface area contributed by atoms with Gasteiger partial charge in [-0.05, 0) is 81.0 Å². The molecule has 186 valence electrons. The van der Waals surface area contributed by atoms with Gasteiger partial charge in [-0.2, -0.15) is 0 Å². The number of pyridine rings is 1. The molecule has 7 heteroatoms. The van der Waals surface area contributed by atoms with Crippen molar-refractivity contribution < 1.29 is 19.4 Å². The molecule has 4 rings (SSSR count). The van der Waals surface area contributed by atoms with Gasteiger partial charge in [0.25, 0.3) is 11.7 Å². The molecule has 1 saturated heterocycles. The van der Waals surface area contributed by atoms with Crippen LogP contribution >= 0.6 is 0 Å². The standard InChI is InChI=1S/C29H31N3O4/c1-20-18-23(36-19-21-8-5-4-6-9-21)10-11-24(20)27(33)25-26(22-12-14-30-15-13-22)32(29(35)28(25)34)17-7-16-31(2)3/h4-6,8-15,18,26,33H,7,16-17,19H2,1-3H3/b27-25+/t26-/m1/s1. The first-order valence-corrected chi connectivity index (χ1v) is 12.0. The SMILES string of the molecule is Cc1cc(OCc2ccccc2)ccc1/C(O)=C1\C(=O)C(=O)N(CCCN(C)C)[C@@H]1c1ccncc1. The predicted octanol–water partition coefficient (Wildman–Crippen LogP) is 4.34. The summed E-state index contributed by atoms with van der Waals surface area (Å²) in [6.45, 7) is 3.44. The zero-order valence-corrected chi connectivity index (χ0v) is 20.8. The third kappa shape index (κ3) is 5.47. The minimum Gasteiger partial charge on any atom is -0.507 e. The van der Waals surface area contributed by atoms with Crippen LogP contribution in [0.2, 0.25) is 0 Å². The first kappa shape index (κ1) is 25.1. The number of nitrogens with zero attached hydrogens (tertiary/aromatic N) is 3. The summed E-state index contributed by atoms with van der Waals surface area (Å²) < 4.78 is 5.90. The molecule has 0 aliphatic carbocycles. The predicted molar refractivity (Wildman–Crippen MR) is 138 cm³/mol. The van der Waals surface area contributed by atoms with Crippen LogP contribution in [0.1, 0.15) is 34.7 Å². The van der Waals surface area contributed by atoms with Crippen molar-refractivity contribution >= 4 is 17.4 Å². The van der Waals surface area contributed by atoms with E-state index in [-0.39, 0.29) is 11.3 Å². The molecular weight excluding hydrogens is 454 g/mol. The number of carbonyl (C=O) groups is 2. The van der Waals surface area contributed by atoms with Crippen LogP contribution in [0.25, 0.3) is 5.76 Å². The highest BCUT2D eigenvalue weighted by Gasteiger charge is 2.45. The van der Waals surface area contributed by atoms with E-state index in [0.29, 0.717) is 30.9 Å². The van der Waals surface area contributed by atoms with Gasteiger partial charge in [0, 0.05) is 24.5 Å². The molecule has 1 aliphatic heterocycles. The lowest BCUT2D eigenvalue weighted by Gasteiger charge is -2.26. The molecule has 36 heavy (non-hydrogen) atoms. The lowest BCUT2D eigenvalue weighted by molar-refractivity contribution is -0.139. The van der Waals surface area contributed by atoms with E-state index >= 15 is 0 Å². The largest absolute Gasteiger partial charge is 0.507 e. The van der Waals surface area contributed by atoms with Crippen molar-refractivity contribution in [2.24, 2.45) is 0 Å². The molecule has 1 aromatic heterocycles. The summed E-state index contributed by atoms with van der Waals surface area (Å²) in [6.07, 6.45) is 3.95. The Morgan fingerprint density at radius 1 is 1.06 bits per heavy atom. The van der Waals surface area contributed by atoms with Gasteiger partial charge in [-0.3, -0.25) is 14.6 Å². The number of hydrogen-bond acceptors (Lipinski definition) is 6. The van der Waals surface area contributed by atoms with Gasteiger partial charge in [0.2, 0.25) is 0 Å². The number of ketones is 1. The van der Waals surface area contributed by atoms with Crippen molar-refractivity contribution in [2.75, 3.05) is 27.2 Å². The van der Waals surface area contributed by atoms with Gasteiger partial charge in [0.05, 0.1) is 11.6 Å². The van der Waals surface area contributed by atoms with E-state index in [2.05, 4.69) is 4.98 Å². The molecule has 1 fully saturated rings. The number of rotatable bonds is 9. The summed E-state index contributed by atoms with van der Waals surface area (Å²) in [7, 11) is 3.93. The van der Waals surface area contributed by atoms with Crippen LogP contribution in [0.5, 0.6) is 5.75 Å². The molecule has 1 aliphatic rings. The van der Waals surface area contributed by atoms with Crippen LogP contribution in [0.3, 0.4) is 0 Å². The van der Waals surface area contributed by atoms with Crippen LogP contribution in [0.15, 0.2) is 78.6 Å². The molecule has 0 unspecified atom stereocenters. The Balaban J connectivity index is 1.66. The van der Waals surface area contributed by atoms with Crippen molar-refractivity contribution in [2.45, 2.75) is 26.0 Å². The highest BCUT2D eigenvalue weighted by atomic mass is 16.5. The van der Waals surface area contributed by atoms with Gasteiger partial charge in [0.1, 0.15) is 18.1 Å². The number of aliphatic hydroxyl groups is 1. The molecule has 0 saturated carbocycles. The average molecular weight is 486 g/mol. The van der Waals surface area contributed by atoms with E-state index in [9.17, 15) is 14.7 Å². The molecule has 1 N–H and O–H groups in total. The summed E-state index contributed by atoms with van der Waals surface area (Å²) in [4.78, 5) is 33.9. The third-order valence-electron chi connectivity index (χ3n) is 6.27. The maximum atomic E-state index is 13.2. The minimum atomic E-state index is -0.678. The number of amides is 1. The Morgan fingerprint density at radius 3 is 2.44 bits per heavy atom. The van der Waals surface area contributed by atoms with E-state index in [4.69, 9.17) is 4.74 Å². The number of aliphatic hydroxyl groups excluding tert-OH is 1. The molecule has 0 spiro atoms. The third-order valence-corrected chi connectivity index (χ3v) is 6.27. The Bertz CT molecular complexity index is 1260. The van der Waals surface area contributed by atoms with Crippen molar-refractivity contribution in [3.63, 3.8) is 0 Å². The zero-order chi connectivity index (χ0) is 25.7. The lowest BCUT2D eigenvalue weighted by atomic mass is 9.94. The summed E-state index contributed by atoms with van der Waals surface area (Å²) in [6, 6.07) is 18.0. The number of benzene rings is 2. The van der Waals surface area contributed by atoms with E-state index in [0.717, 1.165) is 23.2 Å². The Morgan fingerprint density at radius 2 is 1.78 bits per heavy atom. The van der Waals surface area contributed by atoms with Crippen LogP contribution in [0, 0.1) is 6.92 Å². The fourth-order valence-electron chi connectivity index (χ4n) is 4.44. The van der Waals surface area contributed by atoms with Crippen molar-refractivity contribution in [1.29, 1.82) is 0 Å². The Hall–Kier alpha value is -3.97. The summed E-state index contributed by atoms with van der Waals surface area (Å²) in [5, 5.41) is 11.4. The summed E-state index contributed by atoms with van der Waals surface area (Å²) in [5.74, 6) is -0.805. The monoisotopic (exact) mass is 485 g/mol. The quantitative estimate of drug-likeness (QED) is 0.276. The number of Topliss-reactive ketones (excluding diaryl/α,β-unsaturated/α-hetero) is 1. The van der Waals surface area contributed by atoms with Crippen LogP contribution in [-0.2, 0) is 16.2 Å². The van der Waals surface area contributed by atoms with Crippen LogP contribution in [-0.4, -0.2) is 58.8 Å². The van der Waals surface area contributed by atoms with Crippen molar-refractivity contribution in [3.8, 4) is 5.75 Å². The van der Waals surface area contributed by atoms with Crippen LogP contribution in [0.4, 0.5) is 0 Å². The van der Waals surface area contributed by atoms with Crippen LogP contribution < -0.4 is 4.74 Å². The molecule has 2 heterocycles. The number of aromatic nitrogens is 1. The molecule has 2 aromatic carbocycles. The smallest absolute Gasteiger partial charge is 0.295 e. The molecule has 1 amide bonds. The first-order valence-electron chi connectivity index (χ1n) is 12.0. The number of aryl methyl sites for hydroxylation is 1. The molecule has 0 bridgehead atoms. The topological polar surface area (TPSA) is 83.0 Å². The second kappa shape index (κ2) is 11.2. The summed E-state index contributed by atoms with van der Waals surface area (Å²) in [5.41, 5.74) is 3.11. The second-order valence-electron chi connectivity index (χ2n) is 9.18. The molecular formula is C29H31N3O4. The lowest BCUT2D eigenvalue weighted by Crippen LogP contribution is -2.32. The van der Waals surface area contributed by atoms with Crippen molar-refractivity contribution in [3.05, 3.63) is 101 Å².